The first kappa shape index (κ1) is 65.4. The maximum absolute atomic E-state index is 9.28. The topological polar surface area (TPSA) is 103 Å². The SMILES string of the molecule is [2H]C([2H])([2H])c1c[c-]c(-c2cc(C)c(C([2H])([2H])[2H])cn2)cc1.[2H]C([2H])([2H])c1ccc(-c2[c-]cccc2)nc1.[2H]C([2H])([2H])c1ccc2c(n1)oc1c(-c3cc(C4([2H])CCC([2H])(c5ccccc5)CC4)ccn3)[c-]ccc12.[2H]C([2H])([2H])c1cnc(-c2[c-]cccc2)cc1C1([2H])CCC([2H])(c2ccccc2)CC1.[2H]C([2H])([2H])c1cnc(-c2[c-]cccc2)cc1C1([2H])CCC([2H])(c2ccccc2)CC1.[Ir].[Ir].[Ir].[c-]1ccccc1-c1ccccn1. The van der Waals surface area contributed by atoms with Crippen LogP contribution in [-0.2, 0) is 60.3 Å². The van der Waals surface area contributed by atoms with E-state index in [0.717, 1.165) is 66.7 Å². The minimum absolute atomic E-state index is 0. The number of aryl methyl sites for hydroxylation is 7. The average molecular weight is 2190 g/mol. The number of fused-ring (bicyclic) bond motifs is 3. The van der Waals surface area contributed by atoms with Gasteiger partial charge in [-0.1, -0.05) is 168 Å². The van der Waals surface area contributed by atoms with Gasteiger partial charge in [0.25, 0.3) is 0 Å². The number of pyridine rings is 7. The van der Waals surface area contributed by atoms with E-state index >= 15 is 0 Å². The van der Waals surface area contributed by atoms with Crippen molar-refractivity contribution < 1.29 is 97.6 Å². The van der Waals surface area contributed by atoms with Crippen LogP contribution in [-0.4, -0.2) is 34.9 Å². The summed E-state index contributed by atoms with van der Waals surface area (Å²) in [5.74, 6) is -5.08. The third-order valence-corrected chi connectivity index (χ3v) is 21.8. The van der Waals surface area contributed by atoms with E-state index in [2.05, 4.69) is 71.3 Å². The van der Waals surface area contributed by atoms with Crippen LogP contribution in [0.3, 0.4) is 0 Å². The summed E-state index contributed by atoms with van der Waals surface area (Å²) in [6.45, 7) is -11.7. The number of benzene rings is 9. The zero-order chi connectivity index (χ0) is 104. The smallest absolute Gasteiger partial charge is 0.216 e. The Bertz CT molecular complexity index is 7020. The molecule has 0 spiro atoms. The Kier molecular flexibility index (Phi) is 24.4. The van der Waals surface area contributed by atoms with Gasteiger partial charge in [-0.2, -0.15) is 0 Å². The van der Waals surface area contributed by atoms with E-state index in [1.807, 2.05) is 206 Å². The molecule has 3 radical (unpaired) electrons. The molecule has 0 bridgehead atoms. The van der Waals surface area contributed by atoms with Crippen LogP contribution in [0.2, 0.25) is 0 Å². The summed E-state index contributed by atoms with van der Waals surface area (Å²) in [6, 6.07) is 108. The fourth-order valence-electron chi connectivity index (χ4n) is 15.2. The molecule has 20 rings (SSSR count). The molecule has 17 aromatic rings. The summed E-state index contributed by atoms with van der Waals surface area (Å²) < 4.78 is 197. The van der Waals surface area contributed by atoms with Gasteiger partial charge < -0.3 is 34.3 Å². The summed E-state index contributed by atoms with van der Waals surface area (Å²) in [5.41, 5.74) is 16.0. The zero-order valence-corrected chi connectivity index (χ0v) is 75.9. The second-order valence-electron chi connectivity index (χ2n) is 29.8. The van der Waals surface area contributed by atoms with Crippen molar-refractivity contribution in [3.8, 4) is 67.5 Å². The van der Waals surface area contributed by atoms with Crippen molar-refractivity contribution in [1.82, 2.24) is 34.9 Å². The van der Waals surface area contributed by atoms with E-state index in [0.29, 0.717) is 133 Å². The van der Waals surface area contributed by atoms with Gasteiger partial charge in [-0.15, -0.1) is 197 Å². The number of furan rings is 1. The molecule has 3 aliphatic carbocycles. The molecule has 9 aromatic carbocycles. The Morgan fingerprint density at radius 1 is 0.304 bits per heavy atom. The Balaban J connectivity index is 0.000000163. The van der Waals surface area contributed by atoms with Crippen LogP contribution in [0.5, 0.6) is 0 Å². The van der Waals surface area contributed by atoms with Gasteiger partial charge in [-0.05, 0) is 262 Å². The van der Waals surface area contributed by atoms with Gasteiger partial charge >= 0.3 is 0 Å². The molecule has 125 heavy (non-hydrogen) atoms. The molecule has 8 nitrogen and oxygen atoms in total. The molecule has 635 valence electrons. The van der Waals surface area contributed by atoms with Crippen LogP contribution in [0.1, 0.15) is 218 Å². The third-order valence-electron chi connectivity index (χ3n) is 21.8. The van der Waals surface area contributed by atoms with Crippen molar-refractivity contribution in [3.63, 3.8) is 0 Å². The van der Waals surface area contributed by atoms with E-state index in [9.17, 15) is 4.11 Å². The molecule has 0 N–H and O–H groups in total. The normalized spacial score (nSPS) is 23.1. The van der Waals surface area contributed by atoms with Gasteiger partial charge in [0, 0.05) is 141 Å². The third kappa shape index (κ3) is 25.1. The average Bonchev–Trinajstić information content (AvgIpc) is 1.70. The monoisotopic (exact) mass is 2190 g/mol. The molecule has 0 atom stereocenters. The number of hydrogen-bond acceptors (Lipinski definition) is 8. The second-order valence-corrected chi connectivity index (χ2v) is 29.8. The summed E-state index contributed by atoms with van der Waals surface area (Å²) >= 11 is 0. The molecule has 3 fully saturated rings. The zero-order valence-electron chi connectivity index (χ0n) is 92.7. The van der Waals surface area contributed by atoms with E-state index in [-0.39, 0.29) is 99.5 Å². The predicted molar refractivity (Wildman–Crippen MR) is 500 cm³/mol. The molecule has 11 heteroatoms. The first-order chi connectivity index (χ1) is 69.2. The summed E-state index contributed by atoms with van der Waals surface area (Å²) in [4.78, 5) is 30.0. The van der Waals surface area contributed by atoms with Crippen molar-refractivity contribution in [2.45, 2.75) is 160 Å². The van der Waals surface area contributed by atoms with Crippen molar-refractivity contribution in [2.75, 3.05) is 0 Å². The fraction of sp³-hybridized carbons (Fsp3) is 0.219. The van der Waals surface area contributed by atoms with Gasteiger partial charge in [0.2, 0.25) is 5.71 Å². The molecule has 0 amide bonds. The predicted octanol–water partition coefficient (Wildman–Crippen LogP) is 29.1. The van der Waals surface area contributed by atoms with Gasteiger partial charge in [0.05, 0.1) is 5.58 Å². The van der Waals surface area contributed by atoms with Crippen LogP contribution < -0.4 is 0 Å². The van der Waals surface area contributed by atoms with E-state index in [1.54, 1.807) is 86.0 Å². The van der Waals surface area contributed by atoms with Crippen molar-refractivity contribution in [1.29, 1.82) is 0 Å². The number of rotatable bonds is 12. The number of nitrogens with zero attached hydrogens (tertiary/aromatic N) is 7. The van der Waals surface area contributed by atoms with E-state index in [1.165, 1.54) is 43.0 Å². The second kappa shape index (κ2) is 46.7. The molecule has 3 aliphatic rings. The first-order valence-electron chi connectivity index (χ1n) is 52.9. The molecule has 8 aromatic heterocycles. The van der Waals surface area contributed by atoms with Crippen molar-refractivity contribution in [2.24, 2.45) is 0 Å². The van der Waals surface area contributed by atoms with Gasteiger partial charge in [-0.3, -0.25) is 0 Å². The quantitative estimate of drug-likeness (QED) is 0.111. The van der Waals surface area contributed by atoms with Crippen LogP contribution in [0.4, 0.5) is 0 Å². The number of hydrogen-bond donors (Lipinski definition) is 0. The Labute approximate surface area is 814 Å². The summed E-state index contributed by atoms with van der Waals surface area (Å²) in [6.07, 6.45) is 15.1. The molecular weight excluding hydrogens is 2060 g/mol. The molecule has 0 aliphatic heterocycles. The molecular formula is C114H105Ir3N7O-6. The Hall–Kier alpha value is -11.2. The van der Waals surface area contributed by atoms with Crippen LogP contribution in [0.25, 0.3) is 89.6 Å². The largest absolute Gasteiger partial charge is 0.486 e. The van der Waals surface area contributed by atoms with Crippen LogP contribution >= 0.6 is 0 Å². The molecule has 0 saturated heterocycles. The van der Waals surface area contributed by atoms with Gasteiger partial charge in [0.15, 0.2) is 0 Å². The molecule has 8 heterocycles. The van der Waals surface area contributed by atoms with Gasteiger partial charge in [-0.25, -0.2) is 4.98 Å². The number of aromatic nitrogens is 7. The van der Waals surface area contributed by atoms with Crippen molar-refractivity contribution >= 4 is 22.1 Å². The summed E-state index contributed by atoms with van der Waals surface area (Å²) in [7, 11) is 0. The van der Waals surface area contributed by atoms with Crippen LogP contribution in [0, 0.1) is 84.4 Å². The molecule has 3 saturated carbocycles. The van der Waals surface area contributed by atoms with E-state index in [4.69, 9.17) is 33.2 Å². The first-order valence-corrected chi connectivity index (χ1v) is 40.9. The standard InChI is InChI=1S/C29H25N2O.2C24H24N.C14H14N.C12H10N.C11H8N.3Ir/c1-19-10-15-25-24-8-5-9-26(28(24)32-29(25)31-19)27-18-23(16-17-30-27)22-13-11-21(12-14-22)20-6-3-2-4-7-20;2*1-18-17-25-24(22-10-6-3-7-11-22)16-23(18)21-14-12-20(13-15-21)19-8-4-2-5-9-19;1-10-4-6-13(7-5-10)14-8-11(2)12(3)9-15-14;1-10-7-8-12(13-9-10)11-5-3-2-4-6-11;1-2-6-10(7-3-1)11-8-4-5-9-12-11;;;/h2-8,10,15-18,21-22H,11-14H2,1H3;2*2-10,16-17,20-21H,12-15H2,1H3;4-6,8-9H,1-3H3;2-5,7-9H,1H3;1-6,8-9H;;;/q6*-1;;;/i1D3,21D,22D;2*1D3,20D,21D;1D3,3D3;1D3;;;;. The molecule has 0 unspecified atom stereocenters. The minimum atomic E-state index is -2.34. The van der Waals surface area contributed by atoms with Gasteiger partial charge in [0.1, 0.15) is 0 Å². The van der Waals surface area contributed by atoms with Crippen molar-refractivity contribution in [3.05, 3.63) is 437 Å². The maximum atomic E-state index is 9.28. The van der Waals surface area contributed by atoms with E-state index < -0.39 is 76.5 Å². The Morgan fingerprint density at radius 3 is 1.18 bits per heavy atom. The van der Waals surface area contributed by atoms with Crippen LogP contribution in [0.15, 0.2) is 333 Å². The minimum Gasteiger partial charge on any atom is -0.486 e. The maximum Gasteiger partial charge on any atom is 0.216 e. The Morgan fingerprint density at radius 2 is 0.744 bits per heavy atom. The summed E-state index contributed by atoms with van der Waals surface area (Å²) in [5, 5.41) is 1.53. The fourth-order valence-corrected chi connectivity index (χ4v) is 15.2.